The molecule has 1 aliphatic rings. The predicted octanol–water partition coefficient (Wildman–Crippen LogP) is 3.27. The van der Waals surface area contributed by atoms with Gasteiger partial charge in [0.15, 0.2) is 0 Å². The van der Waals surface area contributed by atoms with Crippen molar-refractivity contribution in [3.05, 3.63) is 72.1 Å². The smallest absolute Gasteiger partial charge is 0.241 e. The van der Waals surface area contributed by atoms with Gasteiger partial charge in [0.2, 0.25) is 17.6 Å². The fourth-order valence-corrected chi connectivity index (χ4v) is 3.56. The van der Waals surface area contributed by atoms with E-state index in [0.29, 0.717) is 31.3 Å². The van der Waals surface area contributed by atoms with Crippen molar-refractivity contribution in [1.82, 2.24) is 20.4 Å². The van der Waals surface area contributed by atoms with Crippen molar-refractivity contribution in [2.45, 2.75) is 25.9 Å². The first-order valence-corrected chi connectivity index (χ1v) is 9.70. The molecule has 0 aliphatic carbocycles. The molecule has 1 aromatic heterocycles. The summed E-state index contributed by atoms with van der Waals surface area (Å²) >= 11 is 0. The van der Waals surface area contributed by atoms with E-state index in [1.807, 2.05) is 60.7 Å². The van der Waals surface area contributed by atoms with Crippen LogP contribution in [0.15, 0.2) is 65.2 Å². The first kappa shape index (κ1) is 18.4. The number of nitrogens with zero attached hydrogens (tertiary/aromatic N) is 3. The Morgan fingerprint density at radius 2 is 1.86 bits per heavy atom. The summed E-state index contributed by atoms with van der Waals surface area (Å²) < 4.78 is 5.42. The molecule has 1 atom stereocenters. The van der Waals surface area contributed by atoms with Gasteiger partial charge >= 0.3 is 0 Å². The van der Waals surface area contributed by atoms with Crippen molar-refractivity contribution < 1.29 is 9.32 Å². The minimum absolute atomic E-state index is 0.00558. The first-order chi connectivity index (χ1) is 13.8. The molecule has 144 valence electrons. The fraction of sp³-hybridized carbons (Fsp3) is 0.318. The number of piperidine rings is 1. The number of amides is 1. The monoisotopic (exact) mass is 376 g/mol. The second-order valence-electron chi connectivity index (χ2n) is 7.16. The standard InChI is InChI=1S/C22H24N4O2/c27-22(23-14-17-8-3-1-4-9-17)19-12-7-13-26(15-19)16-20-24-21(25-28-20)18-10-5-2-6-11-18/h1-6,8-11,19H,7,12-16H2,(H,23,27). The number of hydrogen-bond acceptors (Lipinski definition) is 5. The average molecular weight is 376 g/mol. The van der Waals surface area contributed by atoms with Crippen molar-refractivity contribution >= 4 is 5.91 Å². The molecular weight excluding hydrogens is 352 g/mol. The van der Waals surface area contributed by atoms with Crippen LogP contribution in [0.4, 0.5) is 0 Å². The van der Waals surface area contributed by atoms with Gasteiger partial charge in [0, 0.05) is 18.7 Å². The Morgan fingerprint density at radius 1 is 1.11 bits per heavy atom. The van der Waals surface area contributed by atoms with Gasteiger partial charge in [-0.3, -0.25) is 9.69 Å². The summed E-state index contributed by atoms with van der Waals surface area (Å²) in [6, 6.07) is 19.8. The molecule has 1 N–H and O–H groups in total. The van der Waals surface area contributed by atoms with Crippen molar-refractivity contribution in [3.63, 3.8) is 0 Å². The van der Waals surface area contributed by atoms with Crippen molar-refractivity contribution in [2.24, 2.45) is 5.92 Å². The largest absolute Gasteiger partial charge is 0.352 e. The molecule has 1 saturated heterocycles. The molecule has 4 rings (SSSR count). The zero-order valence-corrected chi connectivity index (χ0v) is 15.8. The highest BCUT2D eigenvalue weighted by molar-refractivity contribution is 5.78. The SMILES string of the molecule is O=C(NCc1ccccc1)C1CCCN(Cc2nc(-c3ccccc3)no2)C1. The number of rotatable bonds is 6. The van der Waals surface area contributed by atoms with Gasteiger partial charge in [-0.05, 0) is 24.9 Å². The second-order valence-corrected chi connectivity index (χ2v) is 7.16. The lowest BCUT2D eigenvalue weighted by Crippen LogP contribution is -2.42. The molecule has 6 heteroatoms. The maximum absolute atomic E-state index is 12.6. The summed E-state index contributed by atoms with van der Waals surface area (Å²) in [5, 5.41) is 7.14. The Labute approximate surface area is 164 Å². The van der Waals surface area contributed by atoms with Gasteiger partial charge in [-0.2, -0.15) is 4.98 Å². The number of aromatic nitrogens is 2. The molecule has 2 heterocycles. The molecule has 0 saturated carbocycles. The molecule has 3 aromatic rings. The maximum Gasteiger partial charge on any atom is 0.241 e. The zero-order valence-electron chi connectivity index (χ0n) is 15.8. The lowest BCUT2D eigenvalue weighted by Gasteiger charge is -2.30. The van der Waals surface area contributed by atoms with E-state index >= 15 is 0 Å². The molecule has 6 nitrogen and oxygen atoms in total. The van der Waals surface area contributed by atoms with E-state index in [1.165, 1.54) is 0 Å². The summed E-state index contributed by atoms with van der Waals surface area (Å²) in [4.78, 5) is 19.3. The highest BCUT2D eigenvalue weighted by atomic mass is 16.5. The van der Waals surface area contributed by atoms with Crippen LogP contribution in [0, 0.1) is 5.92 Å². The highest BCUT2D eigenvalue weighted by Crippen LogP contribution is 2.20. The van der Waals surface area contributed by atoms with E-state index in [1.54, 1.807) is 0 Å². The normalized spacial score (nSPS) is 17.4. The van der Waals surface area contributed by atoms with E-state index in [-0.39, 0.29) is 11.8 Å². The maximum atomic E-state index is 12.6. The summed E-state index contributed by atoms with van der Waals surface area (Å²) in [5.41, 5.74) is 2.05. The summed E-state index contributed by atoms with van der Waals surface area (Å²) in [5.74, 6) is 1.30. The van der Waals surface area contributed by atoms with Crippen LogP contribution in [-0.2, 0) is 17.9 Å². The lowest BCUT2D eigenvalue weighted by atomic mass is 9.97. The van der Waals surface area contributed by atoms with Crippen molar-refractivity contribution in [3.8, 4) is 11.4 Å². The predicted molar refractivity (Wildman–Crippen MR) is 106 cm³/mol. The molecule has 1 unspecified atom stereocenters. The summed E-state index contributed by atoms with van der Waals surface area (Å²) in [6.07, 6.45) is 1.90. The highest BCUT2D eigenvalue weighted by Gasteiger charge is 2.26. The van der Waals surface area contributed by atoms with Crippen LogP contribution in [0.3, 0.4) is 0 Å². The lowest BCUT2D eigenvalue weighted by molar-refractivity contribution is -0.127. The van der Waals surface area contributed by atoms with Gasteiger partial charge in [-0.1, -0.05) is 65.8 Å². The zero-order chi connectivity index (χ0) is 19.2. The number of carbonyl (C=O) groups excluding carboxylic acids is 1. The van der Waals surface area contributed by atoms with Crippen LogP contribution in [0.1, 0.15) is 24.3 Å². The molecule has 0 radical (unpaired) electrons. The third kappa shape index (κ3) is 4.64. The van der Waals surface area contributed by atoms with Crippen molar-refractivity contribution in [1.29, 1.82) is 0 Å². The third-order valence-electron chi connectivity index (χ3n) is 5.04. The van der Waals surface area contributed by atoms with Gasteiger partial charge in [0.25, 0.3) is 0 Å². The average Bonchev–Trinajstić information content (AvgIpc) is 3.22. The molecule has 1 aliphatic heterocycles. The number of hydrogen-bond donors (Lipinski definition) is 1. The summed E-state index contributed by atoms with van der Waals surface area (Å²) in [6.45, 7) is 2.79. The third-order valence-corrected chi connectivity index (χ3v) is 5.04. The first-order valence-electron chi connectivity index (χ1n) is 9.70. The van der Waals surface area contributed by atoms with E-state index in [2.05, 4.69) is 20.4 Å². The second kappa shape index (κ2) is 8.80. The number of benzene rings is 2. The number of carbonyl (C=O) groups is 1. The van der Waals surface area contributed by atoms with E-state index < -0.39 is 0 Å². The van der Waals surface area contributed by atoms with Gasteiger partial charge in [-0.25, -0.2) is 0 Å². The summed E-state index contributed by atoms with van der Waals surface area (Å²) in [7, 11) is 0. The number of nitrogens with one attached hydrogen (secondary N) is 1. The molecular formula is C22H24N4O2. The Balaban J connectivity index is 1.31. The van der Waals surface area contributed by atoms with E-state index in [0.717, 1.165) is 30.5 Å². The van der Waals surface area contributed by atoms with Crippen molar-refractivity contribution in [2.75, 3.05) is 13.1 Å². The van der Waals surface area contributed by atoms with E-state index in [9.17, 15) is 4.79 Å². The van der Waals surface area contributed by atoms with Crippen LogP contribution in [0.25, 0.3) is 11.4 Å². The molecule has 1 amide bonds. The van der Waals surface area contributed by atoms with Gasteiger partial charge in [0.05, 0.1) is 12.5 Å². The van der Waals surface area contributed by atoms with Gasteiger partial charge in [0.1, 0.15) is 0 Å². The molecule has 2 aromatic carbocycles. The van der Waals surface area contributed by atoms with Gasteiger partial charge < -0.3 is 9.84 Å². The van der Waals surface area contributed by atoms with Crippen LogP contribution in [0.5, 0.6) is 0 Å². The Kier molecular flexibility index (Phi) is 5.77. The molecule has 0 bridgehead atoms. The minimum atomic E-state index is -0.00558. The Hall–Kier alpha value is -2.99. The Bertz CT molecular complexity index is 895. The molecule has 1 fully saturated rings. The van der Waals surface area contributed by atoms with Crippen LogP contribution in [0.2, 0.25) is 0 Å². The van der Waals surface area contributed by atoms with Crippen LogP contribution >= 0.6 is 0 Å². The molecule has 28 heavy (non-hydrogen) atoms. The minimum Gasteiger partial charge on any atom is -0.352 e. The van der Waals surface area contributed by atoms with Crippen LogP contribution in [-0.4, -0.2) is 34.0 Å². The quantitative estimate of drug-likeness (QED) is 0.715. The topological polar surface area (TPSA) is 71.3 Å². The number of likely N-dealkylation sites (tertiary alicyclic amines) is 1. The fourth-order valence-electron chi connectivity index (χ4n) is 3.56. The van der Waals surface area contributed by atoms with Crippen LogP contribution < -0.4 is 5.32 Å². The molecule has 0 spiro atoms. The van der Waals surface area contributed by atoms with E-state index in [4.69, 9.17) is 4.52 Å². The van der Waals surface area contributed by atoms with Gasteiger partial charge in [-0.15, -0.1) is 0 Å². The Morgan fingerprint density at radius 3 is 2.64 bits per heavy atom.